The quantitative estimate of drug-likeness (QED) is 0.515. The first-order valence-corrected chi connectivity index (χ1v) is 8.80. The number of aldehydes is 1. The van der Waals surface area contributed by atoms with Crippen LogP contribution in [0.25, 0.3) is 16.9 Å². The second-order valence-electron chi connectivity index (χ2n) is 5.87. The SMILES string of the molecule is CNc1cccc(Cl)c1.Cc1cc(-c2ccccc2)nc2cc(C=O)nn12. The summed E-state index contributed by atoms with van der Waals surface area (Å²) in [6.07, 6.45) is 0.732. The van der Waals surface area contributed by atoms with Gasteiger partial charge in [-0.3, -0.25) is 4.79 Å². The smallest absolute Gasteiger partial charge is 0.170 e. The van der Waals surface area contributed by atoms with Crippen molar-refractivity contribution < 1.29 is 4.79 Å². The first kappa shape index (κ1) is 18.6. The average Bonchev–Trinajstić information content (AvgIpc) is 3.13. The number of nitrogens with one attached hydrogen (secondary N) is 1. The summed E-state index contributed by atoms with van der Waals surface area (Å²) in [6.45, 7) is 1.95. The number of carbonyl (C=O) groups is 1. The zero-order valence-corrected chi connectivity index (χ0v) is 15.8. The molecule has 0 aliphatic heterocycles. The summed E-state index contributed by atoms with van der Waals surface area (Å²) >= 11 is 5.68. The van der Waals surface area contributed by atoms with Crippen molar-refractivity contribution in [1.29, 1.82) is 0 Å². The van der Waals surface area contributed by atoms with Gasteiger partial charge < -0.3 is 5.32 Å². The molecule has 0 fully saturated rings. The Morgan fingerprint density at radius 3 is 2.44 bits per heavy atom. The van der Waals surface area contributed by atoms with Crippen molar-refractivity contribution in [2.45, 2.75) is 6.92 Å². The Bertz CT molecular complexity index is 1060. The molecule has 2 heterocycles. The maximum atomic E-state index is 10.7. The van der Waals surface area contributed by atoms with Crippen LogP contribution in [0.1, 0.15) is 16.2 Å². The summed E-state index contributed by atoms with van der Waals surface area (Å²) in [7, 11) is 1.87. The normalized spacial score (nSPS) is 10.2. The van der Waals surface area contributed by atoms with Crippen LogP contribution in [0.2, 0.25) is 5.02 Å². The Morgan fingerprint density at radius 1 is 1.04 bits per heavy atom. The molecule has 0 bridgehead atoms. The molecule has 5 nitrogen and oxygen atoms in total. The molecule has 6 heteroatoms. The largest absolute Gasteiger partial charge is 0.388 e. The van der Waals surface area contributed by atoms with Gasteiger partial charge in [-0.1, -0.05) is 48.0 Å². The second kappa shape index (κ2) is 8.47. The number of fused-ring (bicyclic) bond motifs is 1. The lowest BCUT2D eigenvalue weighted by atomic mass is 10.1. The average molecular weight is 379 g/mol. The van der Waals surface area contributed by atoms with Gasteiger partial charge in [0.2, 0.25) is 0 Å². The molecule has 0 spiro atoms. The van der Waals surface area contributed by atoms with Gasteiger partial charge >= 0.3 is 0 Å². The topological polar surface area (TPSA) is 59.3 Å². The molecule has 4 rings (SSSR count). The number of nitrogens with zero attached hydrogens (tertiary/aromatic N) is 3. The predicted molar refractivity (Wildman–Crippen MR) is 110 cm³/mol. The summed E-state index contributed by atoms with van der Waals surface area (Å²) < 4.78 is 1.68. The van der Waals surface area contributed by atoms with E-state index in [4.69, 9.17) is 11.6 Å². The lowest BCUT2D eigenvalue weighted by Crippen LogP contribution is -1.97. The molecule has 136 valence electrons. The Balaban J connectivity index is 0.000000197. The number of aromatic nitrogens is 3. The minimum absolute atomic E-state index is 0.399. The number of aryl methyl sites for hydroxylation is 1. The van der Waals surface area contributed by atoms with Gasteiger partial charge in [0.05, 0.1) is 5.69 Å². The highest BCUT2D eigenvalue weighted by Crippen LogP contribution is 2.19. The summed E-state index contributed by atoms with van der Waals surface area (Å²) in [5.41, 5.74) is 5.02. The minimum atomic E-state index is 0.399. The van der Waals surface area contributed by atoms with Gasteiger partial charge in [0, 0.05) is 35.1 Å². The molecule has 2 aromatic heterocycles. The van der Waals surface area contributed by atoms with Gasteiger partial charge in [-0.15, -0.1) is 0 Å². The maximum absolute atomic E-state index is 10.7. The predicted octanol–water partition coefficient (Wildman–Crippen LogP) is 4.90. The summed E-state index contributed by atoms with van der Waals surface area (Å²) in [6, 6.07) is 21.2. The molecule has 0 atom stereocenters. The lowest BCUT2D eigenvalue weighted by molar-refractivity contribution is 0.111. The molecular formula is C21H19ClN4O. The first-order chi connectivity index (χ1) is 13.1. The van der Waals surface area contributed by atoms with E-state index in [2.05, 4.69) is 15.4 Å². The molecule has 2 aromatic carbocycles. The maximum Gasteiger partial charge on any atom is 0.170 e. The third kappa shape index (κ3) is 4.51. The monoisotopic (exact) mass is 378 g/mol. The highest BCUT2D eigenvalue weighted by atomic mass is 35.5. The van der Waals surface area contributed by atoms with Gasteiger partial charge in [0.1, 0.15) is 5.69 Å². The minimum Gasteiger partial charge on any atom is -0.388 e. The van der Waals surface area contributed by atoms with Gasteiger partial charge in [0.15, 0.2) is 11.9 Å². The molecule has 0 amide bonds. The van der Waals surface area contributed by atoms with E-state index in [-0.39, 0.29) is 0 Å². The van der Waals surface area contributed by atoms with E-state index in [0.29, 0.717) is 11.3 Å². The Kier molecular flexibility index (Phi) is 5.84. The van der Waals surface area contributed by atoms with E-state index < -0.39 is 0 Å². The lowest BCUT2D eigenvalue weighted by Gasteiger charge is -2.04. The van der Waals surface area contributed by atoms with Gasteiger partial charge in [-0.2, -0.15) is 5.10 Å². The molecule has 0 aliphatic rings. The molecule has 0 aliphatic carbocycles. The van der Waals surface area contributed by atoms with Crippen molar-refractivity contribution >= 4 is 29.2 Å². The fourth-order valence-electron chi connectivity index (χ4n) is 2.60. The van der Waals surface area contributed by atoms with Crippen molar-refractivity contribution in [1.82, 2.24) is 14.6 Å². The van der Waals surface area contributed by atoms with E-state index in [1.165, 1.54) is 0 Å². The van der Waals surface area contributed by atoms with E-state index >= 15 is 0 Å². The van der Waals surface area contributed by atoms with Crippen LogP contribution < -0.4 is 5.32 Å². The van der Waals surface area contributed by atoms with Gasteiger partial charge in [0.25, 0.3) is 0 Å². The molecule has 0 saturated carbocycles. The van der Waals surface area contributed by atoms with E-state index in [1.54, 1.807) is 10.6 Å². The van der Waals surface area contributed by atoms with Crippen molar-refractivity contribution in [3.05, 3.63) is 83.1 Å². The van der Waals surface area contributed by atoms with E-state index in [0.717, 1.165) is 33.9 Å². The van der Waals surface area contributed by atoms with Gasteiger partial charge in [-0.05, 0) is 31.2 Å². The third-order valence-corrected chi connectivity index (χ3v) is 4.16. The molecular weight excluding hydrogens is 360 g/mol. The highest BCUT2D eigenvalue weighted by molar-refractivity contribution is 6.30. The van der Waals surface area contributed by atoms with Crippen LogP contribution in [-0.2, 0) is 0 Å². The van der Waals surface area contributed by atoms with E-state index in [9.17, 15) is 4.79 Å². The molecule has 0 saturated heterocycles. The third-order valence-electron chi connectivity index (χ3n) is 3.93. The standard InChI is InChI=1S/C14H11N3O.C7H8ClN/c1-10-7-13(11-5-3-2-4-6-11)15-14-8-12(9-18)16-17(10)14;1-9-7-4-2-3-6(8)5-7/h2-9H,1H3;2-5,9H,1H3. The Hall–Kier alpha value is -3.18. The zero-order valence-electron chi connectivity index (χ0n) is 15.1. The number of benzene rings is 2. The van der Waals surface area contributed by atoms with Crippen LogP contribution in [0.4, 0.5) is 5.69 Å². The number of carbonyl (C=O) groups excluding carboxylic acids is 1. The van der Waals surface area contributed by atoms with Crippen molar-refractivity contribution in [2.75, 3.05) is 12.4 Å². The summed E-state index contributed by atoms with van der Waals surface area (Å²) in [5.74, 6) is 0. The number of hydrogen-bond acceptors (Lipinski definition) is 4. The Labute approximate surface area is 162 Å². The molecule has 27 heavy (non-hydrogen) atoms. The van der Waals surface area contributed by atoms with Gasteiger partial charge in [-0.25, -0.2) is 9.50 Å². The second-order valence-corrected chi connectivity index (χ2v) is 6.30. The molecule has 0 radical (unpaired) electrons. The van der Waals surface area contributed by atoms with Crippen LogP contribution in [-0.4, -0.2) is 27.9 Å². The van der Waals surface area contributed by atoms with Crippen LogP contribution in [0.3, 0.4) is 0 Å². The van der Waals surface area contributed by atoms with Crippen molar-refractivity contribution in [3.63, 3.8) is 0 Å². The number of rotatable bonds is 3. The Morgan fingerprint density at radius 2 is 1.81 bits per heavy atom. The zero-order chi connectivity index (χ0) is 19.2. The van der Waals surface area contributed by atoms with E-state index in [1.807, 2.05) is 74.6 Å². The number of anilines is 1. The van der Waals surface area contributed by atoms with Crippen molar-refractivity contribution in [2.24, 2.45) is 0 Å². The van der Waals surface area contributed by atoms with Crippen LogP contribution in [0.5, 0.6) is 0 Å². The van der Waals surface area contributed by atoms with Crippen LogP contribution in [0.15, 0.2) is 66.7 Å². The summed E-state index contributed by atoms with van der Waals surface area (Å²) in [4.78, 5) is 15.3. The van der Waals surface area contributed by atoms with Crippen molar-refractivity contribution in [3.8, 4) is 11.3 Å². The fraction of sp³-hybridized carbons (Fsp3) is 0.0952. The molecule has 0 unspecified atom stereocenters. The fourth-order valence-corrected chi connectivity index (χ4v) is 2.79. The molecule has 1 N–H and O–H groups in total. The van der Waals surface area contributed by atoms with Crippen LogP contribution >= 0.6 is 11.6 Å². The summed E-state index contributed by atoms with van der Waals surface area (Å²) in [5, 5.41) is 7.90. The molecule has 4 aromatic rings. The highest BCUT2D eigenvalue weighted by Gasteiger charge is 2.07. The number of hydrogen-bond donors (Lipinski definition) is 1. The number of halogens is 1. The van der Waals surface area contributed by atoms with Crippen LogP contribution in [0, 0.1) is 6.92 Å². The first-order valence-electron chi connectivity index (χ1n) is 8.42.